The van der Waals surface area contributed by atoms with Gasteiger partial charge < -0.3 is 14.9 Å². The van der Waals surface area contributed by atoms with E-state index in [1.165, 1.54) is 17.0 Å². The fraction of sp³-hybridized carbons (Fsp3) is 0.174. The fourth-order valence-electron chi connectivity index (χ4n) is 4.37. The molecule has 2 heterocycles. The van der Waals surface area contributed by atoms with Gasteiger partial charge in [-0.05, 0) is 60.7 Å². The normalized spacial score (nSPS) is 22.1. The number of benzene rings is 3. The zero-order valence-electron chi connectivity index (χ0n) is 16.2. The van der Waals surface area contributed by atoms with Crippen molar-refractivity contribution in [1.29, 1.82) is 0 Å². The van der Waals surface area contributed by atoms with Crippen LogP contribution in [0, 0.1) is 0 Å². The Bertz CT molecular complexity index is 1150. The van der Waals surface area contributed by atoms with E-state index in [0.717, 1.165) is 0 Å². The Kier molecular flexibility index (Phi) is 4.64. The maximum Gasteiger partial charge on any atom is 0.332 e. The summed E-state index contributed by atoms with van der Waals surface area (Å²) >= 11 is 12.1. The molecule has 8 heteroatoms. The number of carbonyl (C=O) groups is 1. The molecule has 1 spiro atoms. The molecule has 2 amide bonds. The number of phenolic OH excluding ortho intramolecular Hbond substituents is 1. The van der Waals surface area contributed by atoms with Crippen molar-refractivity contribution in [1.82, 2.24) is 0 Å². The summed E-state index contributed by atoms with van der Waals surface area (Å²) in [5.74, 6) is -0.0187. The SMILES string of the molecule is O=C1N(c2ccc(Cl)cc2)C2(COC2)C(O)(c2cccc(O)c2)N1c1ccc(Cl)cc1. The number of phenols is 1. The van der Waals surface area contributed by atoms with E-state index in [4.69, 9.17) is 27.9 Å². The molecule has 3 aromatic rings. The molecular formula is C23H18Cl2N2O4. The Morgan fingerprint density at radius 3 is 1.87 bits per heavy atom. The van der Waals surface area contributed by atoms with E-state index in [1.807, 2.05) is 0 Å². The molecule has 0 bridgehead atoms. The van der Waals surface area contributed by atoms with E-state index >= 15 is 0 Å². The van der Waals surface area contributed by atoms with Gasteiger partial charge in [0.1, 0.15) is 11.3 Å². The van der Waals surface area contributed by atoms with Gasteiger partial charge in [-0.1, -0.05) is 35.3 Å². The Morgan fingerprint density at radius 1 is 0.839 bits per heavy atom. The quantitative estimate of drug-likeness (QED) is 0.595. The molecule has 2 N–H and O–H groups in total. The molecule has 2 saturated heterocycles. The summed E-state index contributed by atoms with van der Waals surface area (Å²) in [6.07, 6.45) is 0. The molecule has 31 heavy (non-hydrogen) atoms. The van der Waals surface area contributed by atoms with Crippen molar-refractivity contribution < 1.29 is 19.7 Å². The van der Waals surface area contributed by atoms with Gasteiger partial charge in [-0.15, -0.1) is 0 Å². The summed E-state index contributed by atoms with van der Waals surface area (Å²) in [4.78, 5) is 16.7. The van der Waals surface area contributed by atoms with Crippen LogP contribution in [0.15, 0.2) is 72.8 Å². The monoisotopic (exact) mass is 456 g/mol. The van der Waals surface area contributed by atoms with Gasteiger partial charge in [0, 0.05) is 27.0 Å². The second kappa shape index (κ2) is 7.14. The average Bonchev–Trinajstić information content (AvgIpc) is 2.94. The molecular weight excluding hydrogens is 439 g/mol. The molecule has 0 radical (unpaired) electrons. The number of carbonyl (C=O) groups excluding carboxylic acids is 1. The van der Waals surface area contributed by atoms with E-state index < -0.39 is 17.3 Å². The molecule has 1 unspecified atom stereocenters. The Balaban J connectivity index is 1.76. The van der Waals surface area contributed by atoms with Crippen molar-refractivity contribution in [2.45, 2.75) is 11.3 Å². The summed E-state index contributed by atoms with van der Waals surface area (Å²) in [6, 6.07) is 19.3. The third-order valence-corrected chi connectivity index (χ3v) is 6.39. The van der Waals surface area contributed by atoms with Gasteiger partial charge in [-0.2, -0.15) is 0 Å². The number of hydrogen-bond acceptors (Lipinski definition) is 4. The molecule has 0 saturated carbocycles. The number of halogens is 2. The number of ether oxygens (including phenoxy) is 1. The van der Waals surface area contributed by atoms with Gasteiger partial charge in [0.25, 0.3) is 0 Å². The third kappa shape index (κ3) is 2.83. The summed E-state index contributed by atoms with van der Waals surface area (Å²) in [6.45, 7) is 0.217. The molecule has 0 aromatic heterocycles. The smallest absolute Gasteiger partial charge is 0.332 e. The minimum atomic E-state index is -1.82. The lowest BCUT2D eigenvalue weighted by Crippen LogP contribution is -2.70. The second-order valence-electron chi connectivity index (χ2n) is 7.65. The van der Waals surface area contributed by atoms with Crippen molar-refractivity contribution in [3.8, 4) is 5.75 Å². The van der Waals surface area contributed by atoms with E-state index in [-0.39, 0.29) is 19.0 Å². The number of hydrogen-bond donors (Lipinski definition) is 2. The third-order valence-electron chi connectivity index (χ3n) is 5.88. The summed E-state index contributed by atoms with van der Waals surface area (Å²) in [5.41, 5.74) is -1.54. The standard InChI is InChI=1S/C23H18Cl2N2O4/c24-16-4-8-18(9-5-16)26-21(29)27(19-10-6-17(25)7-11-19)23(30,22(26)13-31-14-22)15-2-1-3-20(28)12-15/h1-12,28,30H,13-14H2. The summed E-state index contributed by atoms with van der Waals surface area (Å²) in [5, 5.41) is 23.5. The van der Waals surface area contributed by atoms with E-state index in [2.05, 4.69) is 0 Å². The van der Waals surface area contributed by atoms with Crippen LogP contribution >= 0.6 is 23.2 Å². The predicted octanol–water partition coefficient (Wildman–Crippen LogP) is 4.76. The van der Waals surface area contributed by atoms with Gasteiger partial charge in [-0.25, -0.2) is 4.79 Å². The highest BCUT2D eigenvalue weighted by atomic mass is 35.5. The highest BCUT2D eigenvalue weighted by Gasteiger charge is 2.72. The van der Waals surface area contributed by atoms with Crippen LogP contribution in [0.1, 0.15) is 5.56 Å². The summed E-state index contributed by atoms with van der Waals surface area (Å²) in [7, 11) is 0. The van der Waals surface area contributed by atoms with Gasteiger partial charge in [0.15, 0.2) is 0 Å². The van der Waals surface area contributed by atoms with Gasteiger partial charge in [0.2, 0.25) is 5.72 Å². The minimum Gasteiger partial charge on any atom is -0.508 e. The number of nitrogens with zero attached hydrogens (tertiary/aromatic N) is 2. The van der Waals surface area contributed by atoms with Gasteiger partial charge >= 0.3 is 6.03 Å². The number of amides is 2. The lowest BCUT2D eigenvalue weighted by Gasteiger charge is -2.51. The number of aromatic hydroxyl groups is 1. The van der Waals surface area contributed by atoms with E-state index in [9.17, 15) is 15.0 Å². The maximum absolute atomic E-state index is 13.9. The van der Waals surface area contributed by atoms with Crippen LogP contribution in [0.5, 0.6) is 5.75 Å². The molecule has 0 aliphatic carbocycles. The molecule has 158 valence electrons. The van der Waals surface area contributed by atoms with Crippen LogP contribution in [-0.2, 0) is 10.5 Å². The Hall–Kier alpha value is -2.77. The van der Waals surface area contributed by atoms with Crippen molar-refractivity contribution in [3.05, 3.63) is 88.4 Å². The predicted molar refractivity (Wildman–Crippen MR) is 119 cm³/mol. The first-order chi connectivity index (χ1) is 14.9. The lowest BCUT2D eigenvalue weighted by molar-refractivity contribution is -0.153. The maximum atomic E-state index is 13.9. The first-order valence-electron chi connectivity index (χ1n) is 9.62. The molecule has 6 nitrogen and oxygen atoms in total. The highest BCUT2D eigenvalue weighted by Crippen LogP contribution is 2.54. The zero-order chi connectivity index (χ0) is 21.8. The van der Waals surface area contributed by atoms with E-state index in [1.54, 1.807) is 65.6 Å². The molecule has 3 aromatic carbocycles. The second-order valence-corrected chi connectivity index (χ2v) is 8.53. The Labute approximate surface area is 188 Å². The molecule has 2 fully saturated rings. The summed E-state index contributed by atoms with van der Waals surface area (Å²) < 4.78 is 5.54. The van der Waals surface area contributed by atoms with Crippen LogP contribution in [0.25, 0.3) is 0 Å². The molecule has 2 aliphatic rings. The minimum absolute atomic E-state index is 0.0187. The number of anilines is 2. The van der Waals surface area contributed by atoms with Crippen molar-refractivity contribution in [2.24, 2.45) is 0 Å². The van der Waals surface area contributed by atoms with Crippen LogP contribution in [0.2, 0.25) is 10.0 Å². The number of aliphatic hydroxyl groups is 1. The van der Waals surface area contributed by atoms with Crippen LogP contribution in [-0.4, -0.2) is 35.0 Å². The van der Waals surface area contributed by atoms with Crippen molar-refractivity contribution in [3.63, 3.8) is 0 Å². The van der Waals surface area contributed by atoms with Crippen LogP contribution in [0.3, 0.4) is 0 Å². The topological polar surface area (TPSA) is 73.2 Å². The average molecular weight is 457 g/mol. The van der Waals surface area contributed by atoms with Crippen LogP contribution in [0.4, 0.5) is 16.2 Å². The van der Waals surface area contributed by atoms with Crippen LogP contribution < -0.4 is 9.80 Å². The van der Waals surface area contributed by atoms with Gasteiger partial charge in [0.05, 0.1) is 13.2 Å². The number of urea groups is 1. The first kappa shape index (κ1) is 20.2. The lowest BCUT2D eigenvalue weighted by atomic mass is 9.78. The van der Waals surface area contributed by atoms with E-state index in [0.29, 0.717) is 27.0 Å². The first-order valence-corrected chi connectivity index (χ1v) is 10.4. The fourth-order valence-corrected chi connectivity index (χ4v) is 4.62. The zero-order valence-corrected chi connectivity index (χ0v) is 17.7. The molecule has 2 aliphatic heterocycles. The number of rotatable bonds is 3. The highest BCUT2D eigenvalue weighted by molar-refractivity contribution is 6.31. The Morgan fingerprint density at radius 2 is 1.39 bits per heavy atom. The largest absolute Gasteiger partial charge is 0.508 e. The van der Waals surface area contributed by atoms with Crippen molar-refractivity contribution >= 4 is 40.6 Å². The molecule has 1 atom stereocenters. The molecule has 5 rings (SSSR count). The van der Waals surface area contributed by atoms with Gasteiger partial charge in [-0.3, -0.25) is 9.80 Å². The van der Waals surface area contributed by atoms with Crippen molar-refractivity contribution in [2.75, 3.05) is 23.0 Å².